The van der Waals surface area contributed by atoms with Crippen molar-refractivity contribution in [1.29, 1.82) is 0 Å². The fourth-order valence-electron chi connectivity index (χ4n) is 2.97. The second-order valence-corrected chi connectivity index (χ2v) is 5.38. The highest BCUT2D eigenvalue weighted by molar-refractivity contribution is 5.90. The third-order valence-corrected chi connectivity index (χ3v) is 4.08. The van der Waals surface area contributed by atoms with Crippen molar-refractivity contribution in [3.8, 4) is 0 Å². The molecule has 5 heteroatoms. The molecule has 0 spiro atoms. The Bertz CT molecular complexity index is 490. The van der Waals surface area contributed by atoms with Crippen LogP contribution in [0.15, 0.2) is 18.2 Å². The van der Waals surface area contributed by atoms with E-state index in [-0.39, 0.29) is 5.56 Å². The molecule has 1 aliphatic heterocycles. The van der Waals surface area contributed by atoms with Crippen LogP contribution in [-0.2, 0) is 0 Å². The number of nitrogens with zero attached hydrogens (tertiary/aromatic N) is 2. The molecule has 20 heavy (non-hydrogen) atoms. The molecule has 5 nitrogen and oxygen atoms in total. The van der Waals surface area contributed by atoms with Crippen LogP contribution >= 0.6 is 0 Å². The second-order valence-electron chi connectivity index (χ2n) is 5.38. The first-order valence-electron chi connectivity index (χ1n) is 7.11. The summed E-state index contributed by atoms with van der Waals surface area (Å²) in [5, 5.41) is 8.96. The van der Waals surface area contributed by atoms with Gasteiger partial charge < -0.3 is 15.7 Å². The van der Waals surface area contributed by atoms with Gasteiger partial charge in [0, 0.05) is 19.6 Å². The lowest BCUT2D eigenvalue weighted by molar-refractivity contribution is 0.0697. The lowest BCUT2D eigenvalue weighted by atomic mass is 10.1. The lowest BCUT2D eigenvalue weighted by Crippen LogP contribution is -2.38. The SMILES string of the molecule is CCN1CCCC1CN(C)c1ccc(C(=O)O)cc1N. The average molecular weight is 277 g/mol. The van der Waals surface area contributed by atoms with E-state index in [2.05, 4.69) is 16.7 Å². The van der Waals surface area contributed by atoms with E-state index < -0.39 is 5.97 Å². The molecule has 1 saturated heterocycles. The maximum absolute atomic E-state index is 10.9. The van der Waals surface area contributed by atoms with E-state index >= 15 is 0 Å². The summed E-state index contributed by atoms with van der Waals surface area (Å²) in [5.74, 6) is -0.946. The Balaban J connectivity index is 2.09. The van der Waals surface area contributed by atoms with E-state index in [9.17, 15) is 4.79 Å². The zero-order valence-corrected chi connectivity index (χ0v) is 12.2. The molecule has 1 fully saturated rings. The maximum atomic E-state index is 10.9. The molecule has 0 amide bonds. The van der Waals surface area contributed by atoms with Crippen LogP contribution in [0.25, 0.3) is 0 Å². The van der Waals surface area contributed by atoms with Crippen molar-refractivity contribution >= 4 is 17.3 Å². The van der Waals surface area contributed by atoms with Crippen molar-refractivity contribution < 1.29 is 9.90 Å². The quantitative estimate of drug-likeness (QED) is 0.804. The molecule has 110 valence electrons. The molecular formula is C15H23N3O2. The van der Waals surface area contributed by atoms with Gasteiger partial charge >= 0.3 is 5.97 Å². The summed E-state index contributed by atoms with van der Waals surface area (Å²) in [5.41, 5.74) is 7.64. The molecule has 1 heterocycles. The third kappa shape index (κ3) is 3.04. The minimum absolute atomic E-state index is 0.232. The molecule has 1 aromatic rings. The van der Waals surface area contributed by atoms with Crippen molar-refractivity contribution in [2.24, 2.45) is 0 Å². The summed E-state index contributed by atoms with van der Waals surface area (Å²) in [6, 6.07) is 5.49. The molecule has 2 rings (SSSR count). The van der Waals surface area contributed by atoms with E-state index in [0.717, 1.165) is 18.8 Å². The van der Waals surface area contributed by atoms with Crippen LogP contribution in [0, 0.1) is 0 Å². The summed E-state index contributed by atoms with van der Waals surface area (Å²) >= 11 is 0. The highest BCUT2D eigenvalue weighted by Crippen LogP contribution is 2.26. The second kappa shape index (κ2) is 6.13. The summed E-state index contributed by atoms with van der Waals surface area (Å²) in [6.07, 6.45) is 2.46. The summed E-state index contributed by atoms with van der Waals surface area (Å²) < 4.78 is 0. The van der Waals surface area contributed by atoms with Crippen molar-refractivity contribution in [1.82, 2.24) is 4.90 Å². The summed E-state index contributed by atoms with van der Waals surface area (Å²) in [7, 11) is 2.01. The highest BCUT2D eigenvalue weighted by atomic mass is 16.4. The first-order valence-corrected chi connectivity index (χ1v) is 7.11. The average Bonchev–Trinajstić information content (AvgIpc) is 2.85. The maximum Gasteiger partial charge on any atom is 0.335 e. The van der Waals surface area contributed by atoms with Crippen LogP contribution in [-0.4, -0.2) is 48.7 Å². The molecule has 1 unspecified atom stereocenters. The van der Waals surface area contributed by atoms with Crippen molar-refractivity contribution in [2.75, 3.05) is 37.3 Å². The normalized spacial score (nSPS) is 19.2. The molecule has 1 aliphatic rings. The van der Waals surface area contributed by atoms with Crippen LogP contribution in [0.1, 0.15) is 30.1 Å². The van der Waals surface area contributed by atoms with Gasteiger partial charge in [0.2, 0.25) is 0 Å². The molecular weight excluding hydrogens is 254 g/mol. The van der Waals surface area contributed by atoms with Crippen LogP contribution < -0.4 is 10.6 Å². The predicted octanol–water partition coefficient (Wildman–Crippen LogP) is 1.89. The van der Waals surface area contributed by atoms with Gasteiger partial charge in [-0.05, 0) is 44.1 Å². The number of likely N-dealkylation sites (tertiary alicyclic amines) is 1. The van der Waals surface area contributed by atoms with Crippen LogP contribution in [0.2, 0.25) is 0 Å². The Hall–Kier alpha value is -1.75. The number of nitrogens with two attached hydrogens (primary N) is 1. The Morgan fingerprint density at radius 2 is 2.30 bits per heavy atom. The number of nitrogen functional groups attached to an aromatic ring is 1. The summed E-state index contributed by atoms with van der Waals surface area (Å²) in [4.78, 5) is 15.5. The minimum atomic E-state index is -0.946. The third-order valence-electron chi connectivity index (χ3n) is 4.08. The number of likely N-dealkylation sites (N-methyl/N-ethyl adjacent to an activating group) is 2. The number of aromatic carboxylic acids is 1. The molecule has 0 aromatic heterocycles. The zero-order chi connectivity index (χ0) is 14.7. The van der Waals surface area contributed by atoms with Crippen LogP contribution in [0.4, 0.5) is 11.4 Å². The summed E-state index contributed by atoms with van der Waals surface area (Å²) in [6.45, 7) is 5.35. The molecule has 3 N–H and O–H groups in total. The number of anilines is 2. The number of rotatable bonds is 5. The monoisotopic (exact) mass is 277 g/mol. The number of carboxylic acid groups (broad SMARTS) is 1. The van der Waals surface area contributed by atoms with Gasteiger partial charge in [0.05, 0.1) is 16.9 Å². The predicted molar refractivity (Wildman–Crippen MR) is 81.4 cm³/mol. The molecule has 0 saturated carbocycles. The van der Waals surface area contributed by atoms with Gasteiger partial charge in [0.15, 0.2) is 0 Å². The first kappa shape index (κ1) is 14.7. The largest absolute Gasteiger partial charge is 0.478 e. The van der Waals surface area contributed by atoms with E-state index in [0.29, 0.717) is 11.7 Å². The smallest absolute Gasteiger partial charge is 0.335 e. The molecule has 0 radical (unpaired) electrons. The van der Waals surface area contributed by atoms with Gasteiger partial charge in [0.1, 0.15) is 0 Å². The van der Waals surface area contributed by atoms with Gasteiger partial charge in [-0.1, -0.05) is 6.92 Å². The van der Waals surface area contributed by atoms with E-state index in [1.54, 1.807) is 12.1 Å². The van der Waals surface area contributed by atoms with Gasteiger partial charge in [-0.2, -0.15) is 0 Å². The van der Waals surface area contributed by atoms with Gasteiger partial charge in [-0.25, -0.2) is 4.79 Å². The van der Waals surface area contributed by atoms with Crippen molar-refractivity contribution in [2.45, 2.75) is 25.8 Å². The van der Waals surface area contributed by atoms with Gasteiger partial charge in [-0.15, -0.1) is 0 Å². The highest BCUT2D eigenvalue weighted by Gasteiger charge is 2.24. The zero-order valence-electron chi connectivity index (χ0n) is 12.2. The van der Waals surface area contributed by atoms with E-state index in [1.807, 2.05) is 7.05 Å². The van der Waals surface area contributed by atoms with Crippen molar-refractivity contribution in [3.05, 3.63) is 23.8 Å². The molecule has 0 bridgehead atoms. The lowest BCUT2D eigenvalue weighted by Gasteiger charge is -2.29. The van der Waals surface area contributed by atoms with Crippen LogP contribution in [0.3, 0.4) is 0 Å². The Kier molecular flexibility index (Phi) is 4.49. The number of carboxylic acids is 1. The van der Waals surface area contributed by atoms with Gasteiger partial charge in [0.25, 0.3) is 0 Å². The first-order chi connectivity index (χ1) is 9.52. The van der Waals surface area contributed by atoms with Crippen LogP contribution in [0.5, 0.6) is 0 Å². The molecule has 0 aliphatic carbocycles. The standard InChI is InChI=1S/C15H23N3O2/c1-3-18-8-4-5-12(18)10-17(2)14-7-6-11(15(19)20)9-13(14)16/h6-7,9,12H,3-5,8,10,16H2,1-2H3,(H,19,20). The fourth-order valence-corrected chi connectivity index (χ4v) is 2.97. The topological polar surface area (TPSA) is 69.8 Å². The molecule has 1 aromatic carbocycles. The number of hydrogen-bond acceptors (Lipinski definition) is 4. The van der Waals surface area contributed by atoms with E-state index in [1.165, 1.54) is 25.5 Å². The van der Waals surface area contributed by atoms with E-state index in [4.69, 9.17) is 10.8 Å². The number of carbonyl (C=O) groups is 1. The Morgan fingerprint density at radius 3 is 2.90 bits per heavy atom. The Morgan fingerprint density at radius 1 is 1.55 bits per heavy atom. The van der Waals surface area contributed by atoms with Crippen molar-refractivity contribution in [3.63, 3.8) is 0 Å². The van der Waals surface area contributed by atoms with Gasteiger partial charge in [-0.3, -0.25) is 4.90 Å². The number of benzene rings is 1. The number of hydrogen-bond donors (Lipinski definition) is 2. The Labute approximate surface area is 120 Å². The fraction of sp³-hybridized carbons (Fsp3) is 0.533. The minimum Gasteiger partial charge on any atom is -0.478 e. The molecule has 1 atom stereocenters.